The quantitative estimate of drug-likeness (QED) is 0.664. The van der Waals surface area contributed by atoms with Crippen molar-refractivity contribution >= 4 is 0 Å². The fourth-order valence-electron chi connectivity index (χ4n) is 2.83. The lowest BCUT2D eigenvalue weighted by molar-refractivity contribution is 0.376. The van der Waals surface area contributed by atoms with Crippen LogP contribution in [0.25, 0.3) is 0 Å². The Morgan fingerprint density at radius 3 is 2.72 bits per heavy atom. The molecule has 0 amide bonds. The lowest BCUT2D eigenvalue weighted by atomic mass is 9.72. The van der Waals surface area contributed by atoms with Gasteiger partial charge in [-0.1, -0.05) is 44.9 Å². The Morgan fingerprint density at radius 2 is 2.11 bits per heavy atom. The predicted molar refractivity (Wildman–Crippen MR) is 81.8 cm³/mol. The molecule has 0 saturated carbocycles. The van der Waals surface area contributed by atoms with Crippen LogP contribution >= 0.6 is 0 Å². The van der Waals surface area contributed by atoms with Crippen LogP contribution < -0.4 is 5.32 Å². The van der Waals surface area contributed by atoms with Crippen molar-refractivity contribution < 1.29 is 0 Å². The van der Waals surface area contributed by atoms with Crippen LogP contribution in [-0.4, -0.2) is 12.6 Å². The molecule has 1 aliphatic carbocycles. The molecule has 0 aromatic heterocycles. The van der Waals surface area contributed by atoms with Crippen LogP contribution in [0.4, 0.5) is 0 Å². The average molecular weight is 249 g/mol. The Balaban J connectivity index is 2.59. The van der Waals surface area contributed by atoms with Crippen LogP contribution in [0, 0.1) is 5.41 Å². The highest BCUT2D eigenvalue weighted by Gasteiger charge is 2.26. The van der Waals surface area contributed by atoms with E-state index in [2.05, 4.69) is 52.1 Å². The zero-order valence-electron chi connectivity index (χ0n) is 13.0. The second-order valence-electron chi connectivity index (χ2n) is 6.39. The van der Waals surface area contributed by atoms with Gasteiger partial charge in [0.05, 0.1) is 0 Å². The maximum atomic E-state index is 3.56. The molecular formula is C17H31N. The first kappa shape index (κ1) is 15.5. The van der Waals surface area contributed by atoms with E-state index in [4.69, 9.17) is 0 Å². The third-order valence-corrected chi connectivity index (χ3v) is 4.09. The maximum Gasteiger partial charge on any atom is 0.0224 e. The molecule has 1 unspecified atom stereocenters. The molecule has 1 atom stereocenters. The summed E-state index contributed by atoms with van der Waals surface area (Å²) in [5.41, 5.74) is 3.52. The first-order valence-corrected chi connectivity index (χ1v) is 7.59. The molecule has 1 heteroatoms. The summed E-state index contributed by atoms with van der Waals surface area (Å²) < 4.78 is 0. The van der Waals surface area contributed by atoms with E-state index in [1.807, 2.05) is 0 Å². The molecule has 1 N–H and O–H groups in total. The van der Waals surface area contributed by atoms with Gasteiger partial charge in [-0.05, 0) is 57.1 Å². The molecule has 1 aliphatic rings. The molecular weight excluding hydrogens is 218 g/mol. The summed E-state index contributed by atoms with van der Waals surface area (Å²) in [5.74, 6) is 0. The van der Waals surface area contributed by atoms with E-state index in [0.29, 0.717) is 11.5 Å². The van der Waals surface area contributed by atoms with Crippen molar-refractivity contribution in [1.82, 2.24) is 5.32 Å². The van der Waals surface area contributed by atoms with Crippen LogP contribution in [0.5, 0.6) is 0 Å². The third-order valence-electron chi connectivity index (χ3n) is 4.09. The first-order valence-electron chi connectivity index (χ1n) is 7.59. The minimum absolute atomic E-state index is 0.363. The van der Waals surface area contributed by atoms with E-state index in [0.717, 1.165) is 6.54 Å². The Labute approximate surface area is 114 Å². The molecule has 18 heavy (non-hydrogen) atoms. The Kier molecular flexibility index (Phi) is 6.14. The number of rotatable bonds is 6. The minimum atomic E-state index is 0.363. The van der Waals surface area contributed by atoms with Crippen molar-refractivity contribution in [2.45, 2.75) is 72.8 Å². The largest absolute Gasteiger partial charge is 0.311 e. The van der Waals surface area contributed by atoms with Gasteiger partial charge in [-0.2, -0.15) is 0 Å². The highest BCUT2D eigenvalue weighted by Crippen LogP contribution is 2.40. The van der Waals surface area contributed by atoms with Crippen molar-refractivity contribution in [2.75, 3.05) is 6.54 Å². The van der Waals surface area contributed by atoms with Gasteiger partial charge in [0.1, 0.15) is 0 Å². The van der Waals surface area contributed by atoms with Gasteiger partial charge in [0.15, 0.2) is 0 Å². The summed E-state index contributed by atoms with van der Waals surface area (Å²) in [7, 11) is 0. The zero-order chi connectivity index (χ0) is 13.6. The molecule has 0 heterocycles. The molecule has 0 aliphatic heterocycles. The van der Waals surface area contributed by atoms with E-state index in [1.54, 1.807) is 11.1 Å². The Morgan fingerprint density at radius 1 is 1.39 bits per heavy atom. The van der Waals surface area contributed by atoms with Crippen molar-refractivity contribution in [3.8, 4) is 0 Å². The van der Waals surface area contributed by atoms with Crippen molar-refractivity contribution in [3.63, 3.8) is 0 Å². The van der Waals surface area contributed by atoms with Gasteiger partial charge in [-0.3, -0.25) is 0 Å². The third kappa shape index (κ3) is 4.61. The summed E-state index contributed by atoms with van der Waals surface area (Å²) >= 11 is 0. The number of nitrogens with one attached hydrogen (secondary N) is 1. The molecule has 0 radical (unpaired) electrons. The van der Waals surface area contributed by atoms with Gasteiger partial charge in [0.25, 0.3) is 0 Å². The van der Waals surface area contributed by atoms with E-state index < -0.39 is 0 Å². The lowest BCUT2D eigenvalue weighted by Crippen LogP contribution is -2.25. The summed E-state index contributed by atoms with van der Waals surface area (Å²) in [6.07, 6.45) is 11.2. The molecule has 104 valence electrons. The van der Waals surface area contributed by atoms with Crippen LogP contribution in [0.2, 0.25) is 0 Å². The van der Waals surface area contributed by atoms with Crippen molar-refractivity contribution in [1.29, 1.82) is 0 Å². The van der Waals surface area contributed by atoms with Gasteiger partial charge < -0.3 is 5.32 Å². The van der Waals surface area contributed by atoms with E-state index >= 15 is 0 Å². The Bertz CT molecular complexity index is 310. The highest BCUT2D eigenvalue weighted by molar-refractivity contribution is 5.33. The summed E-state index contributed by atoms with van der Waals surface area (Å²) in [4.78, 5) is 0. The topological polar surface area (TPSA) is 12.0 Å². The summed E-state index contributed by atoms with van der Waals surface area (Å²) in [6, 6.07) is 0.481. The predicted octanol–water partition coefficient (Wildman–Crippen LogP) is 4.85. The first-order chi connectivity index (χ1) is 8.47. The standard InChI is InChI=1S/C17H31N/c1-6-7-13-18-15(3)10-11-16-14(2)9-8-12-17(16,4)5/h10-11,15,18H,6-9,12-13H2,1-5H3. The Hall–Kier alpha value is -0.560. The summed E-state index contributed by atoms with van der Waals surface area (Å²) in [6.45, 7) is 12.7. The van der Waals surface area contributed by atoms with E-state index in [-0.39, 0.29) is 0 Å². The SMILES string of the molecule is CCCCNC(C)C=CC1=C(C)CCCC1(C)C. The van der Waals surface area contributed by atoms with Gasteiger partial charge in [0, 0.05) is 6.04 Å². The highest BCUT2D eigenvalue weighted by atomic mass is 14.9. The monoisotopic (exact) mass is 249 g/mol. The second-order valence-corrected chi connectivity index (χ2v) is 6.39. The fraction of sp³-hybridized carbons (Fsp3) is 0.765. The van der Waals surface area contributed by atoms with Crippen molar-refractivity contribution in [2.24, 2.45) is 5.41 Å². The zero-order valence-corrected chi connectivity index (χ0v) is 13.0. The van der Waals surface area contributed by atoms with Crippen LogP contribution in [0.1, 0.15) is 66.7 Å². The molecule has 1 rings (SSSR count). The van der Waals surface area contributed by atoms with Gasteiger partial charge in [-0.15, -0.1) is 0 Å². The minimum Gasteiger partial charge on any atom is -0.311 e. The summed E-state index contributed by atoms with van der Waals surface area (Å²) in [5, 5.41) is 3.56. The van der Waals surface area contributed by atoms with Crippen molar-refractivity contribution in [3.05, 3.63) is 23.3 Å². The molecule has 0 aromatic rings. The number of hydrogen-bond donors (Lipinski definition) is 1. The second kappa shape index (κ2) is 7.13. The van der Waals surface area contributed by atoms with E-state index in [1.165, 1.54) is 32.1 Å². The fourth-order valence-corrected chi connectivity index (χ4v) is 2.83. The van der Waals surface area contributed by atoms with Gasteiger partial charge in [0.2, 0.25) is 0 Å². The van der Waals surface area contributed by atoms with Crippen LogP contribution in [0.15, 0.2) is 23.3 Å². The number of hydrogen-bond acceptors (Lipinski definition) is 1. The molecule has 0 bridgehead atoms. The van der Waals surface area contributed by atoms with Crippen LogP contribution in [0.3, 0.4) is 0 Å². The lowest BCUT2D eigenvalue weighted by Gasteiger charge is -2.33. The molecule has 0 spiro atoms. The molecule has 0 aromatic carbocycles. The van der Waals surface area contributed by atoms with Gasteiger partial charge >= 0.3 is 0 Å². The average Bonchev–Trinajstić information content (AvgIpc) is 2.28. The van der Waals surface area contributed by atoms with E-state index in [9.17, 15) is 0 Å². The number of unbranched alkanes of at least 4 members (excludes halogenated alkanes) is 1. The van der Waals surface area contributed by atoms with Crippen LogP contribution in [-0.2, 0) is 0 Å². The molecule has 0 saturated heterocycles. The molecule has 0 fully saturated rings. The number of allylic oxidation sites excluding steroid dienone is 3. The van der Waals surface area contributed by atoms with Gasteiger partial charge in [-0.25, -0.2) is 0 Å². The normalized spacial score (nSPS) is 21.6. The molecule has 1 nitrogen and oxygen atoms in total. The maximum absolute atomic E-state index is 3.56. The smallest absolute Gasteiger partial charge is 0.0224 e.